The number of likely N-dealkylation sites (N-methyl/N-ethyl adjacent to an activating group) is 7. The first-order chi connectivity index (χ1) is 41.2. The highest BCUT2D eigenvalue weighted by atomic mass is 16.3. The van der Waals surface area contributed by atoms with Gasteiger partial charge in [-0.2, -0.15) is 0 Å². The Morgan fingerprint density at radius 1 is 0.461 bits per heavy atom. The zero-order valence-electron chi connectivity index (χ0n) is 58.9. The molecule has 0 aromatic carbocycles. The molecule has 0 radical (unpaired) electrons. The number of hydrogen-bond donors (Lipinski definition) is 5. The molecular weight excluding hydrogens is 1140 g/mol. The second-order valence-corrected chi connectivity index (χ2v) is 27.5. The third-order valence-corrected chi connectivity index (χ3v) is 16.9. The molecule has 1 aliphatic rings. The Kier molecular flexibility index (Phi) is 34.4. The average molecular weight is 1260 g/mol. The number of amides is 11. The first-order valence-electron chi connectivity index (χ1n) is 32.6. The number of hydrogen-bond acceptors (Lipinski definition) is 12. The van der Waals surface area contributed by atoms with Crippen molar-refractivity contribution in [2.75, 3.05) is 55.9 Å². The normalized spacial score (nSPS) is 26.2. The summed E-state index contributed by atoms with van der Waals surface area (Å²) in [6.07, 6.45) is 4.58. The predicted octanol–water partition coefficient (Wildman–Crippen LogP) is 4.83. The van der Waals surface area contributed by atoms with Crippen molar-refractivity contribution in [2.45, 2.75) is 248 Å². The minimum absolute atomic E-state index is 0.0261. The molecular formula is C66H119N11O12. The van der Waals surface area contributed by atoms with Crippen LogP contribution in [-0.2, 0) is 52.7 Å². The molecule has 0 aromatic rings. The zero-order chi connectivity index (χ0) is 68.8. The number of nitrogens with one attached hydrogen (secondary N) is 4. The summed E-state index contributed by atoms with van der Waals surface area (Å²) < 4.78 is 0. The maximum atomic E-state index is 15.2. The average Bonchev–Trinajstić information content (AvgIpc) is 1.61. The molecule has 89 heavy (non-hydrogen) atoms. The molecule has 12 atom stereocenters. The van der Waals surface area contributed by atoms with Crippen molar-refractivity contribution >= 4 is 65.0 Å². The third kappa shape index (κ3) is 23.9. The van der Waals surface area contributed by atoms with E-state index in [0.29, 0.717) is 19.3 Å². The van der Waals surface area contributed by atoms with Crippen LogP contribution >= 0.6 is 0 Å². The largest absolute Gasteiger partial charge is 0.390 e. The fourth-order valence-corrected chi connectivity index (χ4v) is 11.5. The number of unbranched alkanes of at least 4 members (excludes halogenated alkanes) is 1. The maximum absolute atomic E-state index is 15.2. The van der Waals surface area contributed by atoms with Gasteiger partial charge in [0, 0.05) is 49.3 Å². The first-order valence-corrected chi connectivity index (χ1v) is 32.6. The van der Waals surface area contributed by atoms with Gasteiger partial charge in [-0.15, -0.1) is 0 Å². The minimum Gasteiger partial charge on any atom is -0.390 e. The minimum atomic E-state index is -1.61. The lowest BCUT2D eigenvalue weighted by molar-refractivity contribution is -0.157. The summed E-state index contributed by atoms with van der Waals surface area (Å²) in [5.74, 6) is -9.13. The van der Waals surface area contributed by atoms with Gasteiger partial charge >= 0.3 is 0 Å². The summed E-state index contributed by atoms with van der Waals surface area (Å²) in [6.45, 7) is 30.3. The number of aliphatic hydroxyl groups excluding tert-OH is 1. The molecule has 0 bridgehead atoms. The van der Waals surface area contributed by atoms with Gasteiger partial charge < -0.3 is 60.7 Å². The van der Waals surface area contributed by atoms with E-state index in [1.54, 1.807) is 40.7 Å². The van der Waals surface area contributed by atoms with Gasteiger partial charge in [0.1, 0.15) is 60.4 Å². The summed E-state index contributed by atoms with van der Waals surface area (Å²) in [6, 6.07) is -12.2. The zero-order valence-corrected chi connectivity index (χ0v) is 58.9. The maximum Gasteiger partial charge on any atom is 0.246 e. The highest BCUT2D eigenvalue weighted by Crippen LogP contribution is 2.26. The van der Waals surface area contributed by atoms with Crippen molar-refractivity contribution in [2.24, 2.45) is 41.4 Å². The third-order valence-electron chi connectivity index (χ3n) is 16.9. The number of carbonyl (C=O) groups is 11. The van der Waals surface area contributed by atoms with Crippen LogP contribution in [0.15, 0.2) is 12.2 Å². The van der Waals surface area contributed by atoms with Crippen LogP contribution in [0.1, 0.15) is 182 Å². The van der Waals surface area contributed by atoms with Gasteiger partial charge in [0.2, 0.25) is 65.0 Å². The van der Waals surface area contributed by atoms with Crippen LogP contribution in [0.25, 0.3) is 0 Å². The fraction of sp³-hybridized carbons (Fsp3) is 0.803. The van der Waals surface area contributed by atoms with Crippen LogP contribution in [-0.4, -0.2) is 227 Å². The molecule has 1 fully saturated rings. The lowest BCUT2D eigenvalue weighted by Gasteiger charge is -2.41. The van der Waals surface area contributed by atoms with Gasteiger partial charge in [0.05, 0.1) is 12.6 Å². The Bertz CT molecular complexity index is 2400. The second kappa shape index (κ2) is 37.9. The molecule has 23 heteroatoms. The van der Waals surface area contributed by atoms with Crippen molar-refractivity contribution in [3.8, 4) is 0 Å². The molecule has 0 saturated carbocycles. The van der Waals surface area contributed by atoms with Crippen LogP contribution in [0.3, 0.4) is 0 Å². The monoisotopic (exact) mass is 1260 g/mol. The van der Waals surface area contributed by atoms with Gasteiger partial charge in [0.15, 0.2) is 0 Å². The molecule has 1 rings (SSSR count). The van der Waals surface area contributed by atoms with Gasteiger partial charge in [-0.25, -0.2) is 0 Å². The van der Waals surface area contributed by atoms with Crippen LogP contribution in [0.5, 0.6) is 0 Å². The van der Waals surface area contributed by atoms with Crippen molar-refractivity contribution in [3.63, 3.8) is 0 Å². The molecule has 0 spiro atoms. The van der Waals surface area contributed by atoms with Gasteiger partial charge in [-0.3, -0.25) is 52.7 Å². The van der Waals surface area contributed by atoms with E-state index in [0.717, 1.165) is 9.80 Å². The molecule has 5 N–H and O–H groups in total. The molecule has 1 aliphatic heterocycles. The highest BCUT2D eigenvalue weighted by molar-refractivity contribution is 5.99. The number of allylic oxidation sites excluding steroid dienone is 2. The summed E-state index contributed by atoms with van der Waals surface area (Å²) >= 11 is 0. The number of rotatable bonds is 19. The van der Waals surface area contributed by atoms with Crippen LogP contribution in [0.4, 0.5) is 0 Å². The molecule has 0 aliphatic carbocycles. The van der Waals surface area contributed by atoms with Crippen LogP contribution < -0.4 is 21.3 Å². The molecule has 510 valence electrons. The van der Waals surface area contributed by atoms with Crippen LogP contribution in [0.2, 0.25) is 0 Å². The summed E-state index contributed by atoms with van der Waals surface area (Å²) in [7, 11) is 10.0. The van der Waals surface area contributed by atoms with E-state index in [-0.39, 0.29) is 74.5 Å². The Hall–Kier alpha value is -6.13. The standard InChI is InChI=1S/C66H119N11O12/c1-25-28-30-44(16)56(79)55-60(83)68-46(27-3)62(85)71(18)37-53(78)72(19)49(31-29-26-2)58(81)70-48(33-39(6)7)63(86)73(20)50(34-40(8)9)59(82)69-47(32-38(4)5)57(80)67-45(17)61(84)74(21)51(35-41(10)11)64(87)75(22)52(36-42(12)13)65(88)76(23)54(43(14)15)66(89)77(55)24/h25,28,38-52,54-56,79H,26-27,29-37H2,1-24H3,(H,67,80)(H,68,83)(H,69,82)(H,70,81)/b28-25+/t44-,45-,46+,47?,48+,49+,50+,51+,52-,54+,55+,56-/m1/s1. The number of aliphatic hydroxyl groups is 1. The van der Waals surface area contributed by atoms with Crippen molar-refractivity contribution in [1.29, 1.82) is 0 Å². The Balaban J connectivity index is 4.43. The summed E-state index contributed by atoms with van der Waals surface area (Å²) in [4.78, 5) is 171. The molecule has 1 saturated heterocycles. The van der Waals surface area contributed by atoms with Gasteiger partial charge in [-0.05, 0) is 107 Å². The topological polar surface area (TPSA) is 279 Å². The first kappa shape index (κ1) is 80.9. The molecule has 1 unspecified atom stereocenters. The van der Waals surface area contributed by atoms with E-state index >= 15 is 14.4 Å². The van der Waals surface area contributed by atoms with Crippen LogP contribution in [0, 0.1) is 41.4 Å². The number of carbonyl (C=O) groups excluding carboxylic acids is 11. The van der Waals surface area contributed by atoms with E-state index in [4.69, 9.17) is 0 Å². The molecule has 11 amide bonds. The van der Waals surface area contributed by atoms with E-state index in [9.17, 15) is 43.5 Å². The predicted molar refractivity (Wildman–Crippen MR) is 347 cm³/mol. The molecule has 0 aromatic heterocycles. The van der Waals surface area contributed by atoms with Crippen molar-refractivity contribution in [1.82, 2.24) is 55.6 Å². The lowest BCUT2D eigenvalue weighted by Crippen LogP contribution is -2.63. The van der Waals surface area contributed by atoms with Crippen molar-refractivity contribution in [3.05, 3.63) is 12.2 Å². The van der Waals surface area contributed by atoms with E-state index in [2.05, 4.69) is 21.3 Å². The second-order valence-electron chi connectivity index (χ2n) is 27.5. The van der Waals surface area contributed by atoms with Gasteiger partial charge in [-0.1, -0.05) is 129 Å². The van der Waals surface area contributed by atoms with E-state index < -0.39 is 150 Å². The van der Waals surface area contributed by atoms with Crippen molar-refractivity contribution < 1.29 is 57.8 Å². The van der Waals surface area contributed by atoms with E-state index in [1.165, 1.54) is 80.8 Å². The summed E-state index contributed by atoms with van der Waals surface area (Å²) in [5.41, 5.74) is 0. The summed E-state index contributed by atoms with van der Waals surface area (Å²) in [5, 5.41) is 23.5. The highest BCUT2D eigenvalue weighted by Gasteiger charge is 2.46. The fourth-order valence-electron chi connectivity index (χ4n) is 11.5. The Morgan fingerprint density at radius 3 is 1.36 bits per heavy atom. The SMILES string of the molecule is C/C=C/C[C@@H](C)[C@@H](O)[C@H]1C(=O)N[C@@H](CC)C(=O)N(C)CC(=O)N(C)[C@@H](CCCC)C(=O)N[C@@H](CC(C)C)C(=O)N(C)[C@@H](CC(C)C)C(=O)NC(CC(C)C)C(=O)N[C@H](C)C(=O)N(C)[C@@H](CC(C)C)C(=O)N(C)[C@H](CC(C)C)C(=O)N(C)[C@@H](C(C)C)C(=O)N1C. The number of nitrogens with zero attached hydrogens (tertiary/aromatic N) is 7. The Morgan fingerprint density at radius 2 is 0.888 bits per heavy atom. The molecule has 1 heterocycles. The molecule has 23 nitrogen and oxygen atoms in total. The van der Waals surface area contributed by atoms with E-state index in [1.807, 2.05) is 82.2 Å². The van der Waals surface area contributed by atoms with Gasteiger partial charge in [0.25, 0.3) is 0 Å². The lowest BCUT2D eigenvalue weighted by atomic mass is 9.91. The smallest absolute Gasteiger partial charge is 0.246 e. The Labute approximate surface area is 534 Å². The quantitative estimate of drug-likeness (QED) is 0.109.